The summed E-state index contributed by atoms with van der Waals surface area (Å²) in [5.74, 6) is -1.00. The van der Waals surface area contributed by atoms with E-state index in [9.17, 15) is 9.59 Å². The fraction of sp³-hybridized carbons (Fsp3) is 0.857. The maximum atomic E-state index is 12.2. The molecule has 3 rings (SSSR count). The van der Waals surface area contributed by atoms with Crippen molar-refractivity contribution in [3.05, 3.63) is 0 Å². The molecule has 0 N–H and O–H groups in total. The number of hydrogen-bond acceptors (Lipinski definition) is 7. The minimum absolute atomic E-state index is 0.00305. The fourth-order valence-corrected chi connectivity index (χ4v) is 2.17. The van der Waals surface area contributed by atoms with E-state index in [1.54, 1.807) is 0 Å². The molecule has 0 saturated carbocycles. The van der Waals surface area contributed by atoms with Crippen LogP contribution in [0.15, 0.2) is 0 Å². The van der Waals surface area contributed by atoms with Gasteiger partial charge in [0, 0.05) is 0 Å². The molecule has 7 nitrogen and oxygen atoms in total. The lowest BCUT2D eigenvalue weighted by Gasteiger charge is -2.11. The van der Waals surface area contributed by atoms with Crippen LogP contribution in [0, 0.1) is 0 Å². The molecule has 118 valence electrons. The Kier molecular flexibility index (Phi) is 4.14. The molecule has 0 aromatic carbocycles. The topological polar surface area (TPSA) is 90.2 Å². The van der Waals surface area contributed by atoms with Gasteiger partial charge in [0.25, 0.3) is 0 Å². The average Bonchev–Trinajstić information content (AvgIpc) is 3.37. The van der Waals surface area contributed by atoms with Crippen molar-refractivity contribution in [2.45, 2.75) is 50.1 Å². The summed E-state index contributed by atoms with van der Waals surface area (Å²) in [4.78, 5) is 24.1. The Morgan fingerprint density at radius 2 is 1.76 bits per heavy atom. The molecule has 3 saturated heterocycles. The van der Waals surface area contributed by atoms with E-state index in [-0.39, 0.29) is 25.4 Å². The summed E-state index contributed by atoms with van der Waals surface area (Å²) in [7, 11) is 0. The normalized spacial score (nSPS) is 36.0. The van der Waals surface area contributed by atoms with Gasteiger partial charge in [-0.1, -0.05) is 19.8 Å². The highest BCUT2D eigenvalue weighted by Crippen LogP contribution is 2.43. The predicted molar refractivity (Wildman–Crippen MR) is 68.5 cm³/mol. The summed E-state index contributed by atoms with van der Waals surface area (Å²) in [5, 5.41) is 0. The van der Waals surface area contributed by atoms with Crippen molar-refractivity contribution in [3.63, 3.8) is 0 Å². The number of ether oxygens (including phenoxy) is 5. The van der Waals surface area contributed by atoms with Crippen molar-refractivity contribution in [3.8, 4) is 0 Å². The zero-order valence-electron chi connectivity index (χ0n) is 12.0. The van der Waals surface area contributed by atoms with Crippen LogP contribution < -0.4 is 0 Å². The van der Waals surface area contributed by atoms with Gasteiger partial charge in [-0.25, -0.2) is 9.59 Å². The first-order valence-corrected chi connectivity index (χ1v) is 7.40. The Hall–Kier alpha value is -1.18. The van der Waals surface area contributed by atoms with Crippen LogP contribution in [0.4, 0.5) is 0 Å². The fourth-order valence-electron chi connectivity index (χ4n) is 2.17. The van der Waals surface area contributed by atoms with Crippen LogP contribution in [0.1, 0.15) is 26.2 Å². The number of epoxide rings is 3. The lowest BCUT2D eigenvalue weighted by Crippen LogP contribution is -2.34. The number of hydrogen-bond donors (Lipinski definition) is 0. The van der Waals surface area contributed by atoms with Crippen molar-refractivity contribution < 1.29 is 33.3 Å². The molecular weight excluding hydrogens is 280 g/mol. The molecule has 0 aromatic heterocycles. The maximum absolute atomic E-state index is 12.2. The van der Waals surface area contributed by atoms with Crippen LogP contribution in [-0.2, 0) is 33.3 Å². The predicted octanol–water partition coefficient (Wildman–Crippen LogP) is 0.198. The Labute approximate surface area is 122 Å². The molecule has 0 aromatic rings. The Morgan fingerprint density at radius 1 is 1.14 bits per heavy atom. The van der Waals surface area contributed by atoms with Crippen molar-refractivity contribution in [1.29, 1.82) is 0 Å². The summed E-state index contributed by atoms with van der Waals surface area (Å²) in [5.41, 5.74) is -1.16. The van der Waals surface area contributed by atoms with Crippen LogP contribution in [0.2, 0.25) is 0 Å². The molecule has 4 unspecified atom stereocenters. The van der Waals surface area contributed by atoms with Gasteiger partial charge in [-0.05, 0) is 6.42 Å². The molecule has 3 aliphatic heterocycles. The summed E-state index contributed by atoms with van der Waals surface area (Å²) in [6, 6.07) is 0. The molecule has 21 heavy (non-hydrogen) atoms. The lowest BCUT2D eigenvalue weighted by atomic mass is 9.98. The number of unbranched alkanes of at least 4 members (excludes halogenated alkanes) is 1. The molecule has 7 heteroatoms. The van der Waals surface area contributed by atoms with Gasteiger partial charge in [-0.15, -0.1) is 0 Å². The van der Waals surface area contributed by atoms with Crippen LogP contribution in [0.3, 0.4) is 0 Å². The smallest absolute Gasteiger partial charge is 0.341 e. The van der Waals surface area contributed by atoms with E-state index in [4.69, 9.17) is 23.7 Å². The molecule has 0 aliphatic carbocycles. The third kappa shape index (κ3) is 3.53. The summed E-state index contributed by atoms with van der Waals surface area (Å²) in [6.45, 7) is 3.67. The minimum Gasteiger partial charge on any atom is -0.461 e. The van der Waals surface area contributed by atoms with Crippen molar-refractivity contribution in [2.24, 2.45) is 0 Å². The van der Waals surface area contributed by atoms with Crippen molar-refractivity contribution in [1.82, 2.24) is 0 Å². The minimum atomic E-state index is -1.16. The van der Waals surface area contributed by atoms with Crippen LogP contribution in [0.5, 0.6) is 0 Å². The zero-order chi connectivity index (χ0) is 14.9. The first-order chi connectivity index (χ1) is 10.2. The van der Waals surface area contributed by atoms with Gasteiger partial charge in [0.15, 0.2) is 6.10 Å². The average molecular weight is 300 g/mol. The van der Waals surface area contributed by atoms with Gasteiger partial charge in [0.05, 0.1) is 13.2 Å². The molecular formula is C14H20O7. The molecule has 3 heterocycles. The summed E-state index contributed by atoms with van der Waals surface area (Å²) < 4.78 is 25.7. The van der Waals surface area contributed by atoms with Gasteiger partial charge in [-0.3, -0.25) is 0 Å². The molecule has 3 fully saturated rings. The van der Waals surface area contributed by atoms with E-state index in [1.165, 1.54) is 0 Å². The Morgan fingerprint density at radius 3 is 2.33 bits per heavy atom. The lowest BCUT2D eigenvalue weighted by molar-refractivity contribution is -0.152. The molecule has 0 bridgehead atoms. The van der Waals surface area contributed by atoms with Crippen LogP contribution >= 0.6 is 0 Å². The second-order valence-electron chi connectivity index (χ2n) is 5.63. The zero-order valence-corrected chi connectivity index (χ0v) is 12.0. The highest BCUT2D eigenvalue weighted by molar-refractivity contribution is 5.94. The highest BCUT2D eigenvalue weighted by Gasteiger charge is 2.68. The van der Waals surface area contributed by atoms with Gasteiger partial charge in [0.2, 0.25) is 5.60 Å². The van der Waals surface area contributed by atoms with Gasteiger partial charge >= 0.3 is 11.9 Å². The maximum Gasteiger partial charge on any atom is 0.341 e. The number of carbonyl (C=O) groups excluding carboxylic acids is 2. The Bertz CT molecular complexity index is 416. The molecule has 3 aliphatic rings. The largest absolute Gasteiger partial charge is 0.461 e. The van der Waals surface area contributed by atoms with Gasteiger partial charge in [0.1, 0.15) is 25.4 Å². The molecule has 0 amide bonds. The standard InChI is InChI=1S/C14H20O7/c1-2-3-4-14(13(16)20-8-10-6-18-10)11(21-14)12(15)19-7-9-5-17-9/h9-11H,2-8H2,1H3. The quantitative estimate of drug-likeness (QED) is 0.444. The number of carbonyl (C=O) groups is 2. The van der Waals surface area contributed by atoms with E-state index in [1.807, 2.05) is 6.92 Å². The van der Waals surface area contributed by atoms with Crippen LogP contribution in [-0.4, -0.2) is 62.3 Å². The first kappa shape index (κ1) is 14.7. The van der Waals surface area contributed by atoms with Crippen molar-refractivity contribution in [2.75, 3.05) is 26.4 Å². The molecule has 0 spiro atoms. The van der Waals surface area contributed by atoms with Gasteiger partial charge in [-0.2, -0.15) is 0 Å². The highest BCUT2D eigenvalue weighted by atomic mass is 16.7. The van der Waals surface area contributed by atoms with Crippen molar-refractivity contribution >= 4 is 11.9 Å². The van der Waals surface area contributed by atoms with E-state index in [0.29, 0.717) is 19.6 Å². The number of esters is 2. The first-order valence-electron chi connectivity index (χ1n) is 7.40. The third-order valence-corrected chi connectivity index (χ3v) is 3.77. The summed E-state index contributed by atoms with van der Waals surface area (Å²) >= 11 is 0. The van der Waals surface area contributed by atoms with E-state index >= 15 is 0 Å². The van der Waals surface area contributed by atoms with Crippen LogP contribution in [0.25, 0.3) is 0 Å². The second kappa shape index (κ2) is 5.90. The molecule has 0 radical (unpaired) electrons. The van der Waals surface area contributed by atoms with E-state index in [2.05, 4.69) is 0 Å². The molecule has 4 atom stereocenters. The summed E-state index contributed by atoms with van der Waals surface area (Å²) in [6.07, 6.45) is 1.29. The van der Waals surface area contributed by atoms with Gasteiger partial charge < -0.3 is 23.7 Å². The third-order valence-electron chi connectivity index (χ3n) is 3.77. The monoisotopic (exact) mass is 300 g/mol. The number of rotatable bonds is 9. The van der Waals surface area contributed by atoms with E-state index < -0.39 is 23.6 Å². The Balaban J connectivity index is 1.52. The SMILES string of the molecule is CCCCC1(C(=O)OCC2CO2)OC1C(=O)OCC1CO1. The second-order valence-corrected chi connectivity index (χ2v) is 5.63. The van der Waals surface area contributed by atoms with E-state index in [0.717, 1.165) is 12.8 Å².